The molecule has 3 unspecified atom stereocenters. The maximum Gasteiger partial charge on any atom is 0.312 e. The Bertz CT molecular complexity index is 1170. The van der Waals surface area contributed by atoms with Gasteiger partial charge in [-0.15, -0.1) is 13.2 Å². The topological polar surface area (TPSA) is 96.4 Å². The zero-order valence-corrected chi connectivity index (χ0v) is 26.3. The van der Waals surface area contributed by atoms with Gasteiger partial charge >= 0.3 is 5.97 Å². The normalized spacial score (nSPS) is 29.0. The molecule has 0 saturated carbocycles. The Kier molecular flexibility index (Phi) is 10.0. The van der Waals surface area contributed by atoms with Crippen LogP contribution in [0.2, 0.25) is 5.02 Å². The van der Waals surface area contributed by atoms with Crippen LogP contribution in [0.1, 0.15) is 45.1 Å². The Hall–Kier alpha value is -2.20. The number of aliphatic hydroxyl groups excluding tert-OH is 1. The Labute approximate surface area is 255 Å². The number of fused-ring (bicyclic) bond motifs is 1. The summed E-state index contributed by atoms with van der Waals surface area (Å²) in [6.45, 7) is 13.2. The van der Waals surface area contributed by atoms with Crippen molar-refractivity contribution in [1.82, 2.24) is 4.90 Å². The molecule has 2 amide bonds. The molecule has 4 rings (SSSR count). The van der Waals surface area contributed by atoms with Gasteiger partial charge in [-0.2, -0.15) is 0 Å². The van der Waals surface area contributed by atoms with E-state index in [-0.39, 0.29) is 36.4 Å². The first-order chi connectivity index (χ1) is 19.5. The first-order valence-corrected chi connectivity index (χ1v) is 15.5. The molecule has 3 aliphatic rings. The van der Waals surface area contributed by atoms with E-state index >= 15 is 0 Å². The highest BCUT2D eigenvalue weighted by molar-refractivity contribution is 9.09. The maximum atomic E-state index is 14.7. The number of carbonyl (C=O) groups is 3. The van der Waals surface area contributed by atoms with E-state index in [9.17, 15) is 19.5 Å². The molecule has 0 aromatic heterocycles. The van der Waals surface area contributed by atoms with Gasteiger partial charge in [0, 0.05) is 11.4 Å². The molecule has 0 aliphatic carbocycles. The number of aliphatic hydroxyl groups is 1. The van der Waals surface area contributed by atoms with Crippen molar-refractivity contribution in [3.05, 3.63) is 54.1 Å². The fraction of sp³-hybridized carbons (Fsp3) is 0.581. The third kappa shape index (κ3) is 5.51. The Morgan fingerprint density at radius 1 is 1.32 bits per heavy atom. The van der Waals surface area contributed by atoms with Gasteiger partial charge in [-0.1, -0.05) is 65.7 Å². The number of amides is 2. The average molecular weight is 652 g/mol. The lowest BCUT2D eigenvalue weighted by atomic mass is 9.70. The Morgan fingerprint density at radius 3 is 2.66 bits per heavy atom. The molecule has 8 nitrogen and oxygen atoms in total. The molecular weight excluding hydrogens is 612 g/mol. The molecule has 3 fully saturated rings. The van der Waals surface area contributed by atoms with E-state index in [2.05, 4.69) is 29.1 Å². The number of hydrogen-bond acceptors (Lipinski definition) is 6. The molecule has 1 aromatic rings. The number of ether oxygens (including phenoxy) is 2. The van der Waals surface area contributed by atoms with Gasteiger partial charge in [-0.05, 0) is 50.2 Å². The molecule has 10 heteroatoms. The molecule has 2 bridgehead atoms. The first-order valence-electron chi connectivity index (χ1n) is 14.3. The summed E-state index contributed by atoms with van der Waals surface area (Å²) in [5.41, 5.74) is 0.0269. The summed E-state index contributed by atoms with van der Waals surface area (Å²) in [5, 5.41) is 10.9. The quantitative estimate of drug-likeness (QED) is 0.142. The standard InChI is InChI=1S/C31H40BrClN2O6/c1-6-8-9-10-15-40-30(39)23-24-28(37)35(22(17-36)18(3)4)27(31(24)16-20(32)26(23)41-31)29(38)34(14-7-2)25-19(5)12-11-13-21(25)33/h6-7,11-13,18,20,22-24,26-27,36H,1-2,8-10,14-17H2,3-5H3/t20?,22-,23-,24-,26-,27?,31?/m0/s1. The molecular formula is C31H40BrClN2O6. The van der Waals surface area contributed by atoms with Crippen molar-refractivity contribution in [3.8, 4) is 0 Å². The number of rotatable bonds is 13. The van der Waals surface area contributed by atoms with Crippen molar-refractivity contribution in [2.45, 2.75) is 75.1 Å². The number of nitrogens with zero attached hydrogens (tertiary/aromatic N) is 2. The van der Waals surface area contributed by atoms with Crippen LogP contribution >= 0.6 is 27.5 Å². The van der Waals surface area contributed by atoms with E-state index in [4.69, 9.17) is 21.1 Å². The molecule has 0 radical (unpaired) electrons. The van der Waals surface area contributed by atoms with Crippen LogP contribution in [0.5, 0.6) is 0 Å². The monoisotopic (exact) mass is 650 g/mol. The summed E-state index contributed by atoms with van der Waals surface area (Å²) in [4.78, 5) is 45.4. The molecule has 1 N–H and O–H groups in total. The SMILES string of the molecule is C=CCCCCOC(=O)[C@H]1[C@H]2C(=O)N([C@@H](CO)C(C)C)C(C(=O)N(CC=C)c3c(C)cccc3Cl)C23CC(Br)[C@@H]1O3. The predicted molar refractivity (Wildman–Crippen MR) is 162 cm³/mol. The van der Waals surface area contributed by atoms with Gasteiger partial charge in [0.2, 0.25) is 5.91 Å². The third-order valence-electron chi connectivity index (χ3n) is 8.63. The summed E-state index contributed by atoms with van der Waals surface area (Å²) < 4.78 is 12.3. The first kappa shape index (κ1) is 31.7. The number of unbranched alkanes of at least 4 members (excludes halogenated alkanes) is 2. The second kappa shape index (κ2) is 13.0. The second-order valence-corrected chi connectivity index (χ2v) is 13.1. The van der Waals surface area contributed by atoms with Crippen molar-refractivity contribution in [1.29, 1.82) is 0 Å². The molecule has 1 aromatic carbocycles. The summed E-state index contributed by atoms with van der Waals surface area (Å²) in [6.07, 6.45) is 5.50. The molecule has 3 heterocycles. The second-order valence-electron chi connectivity index (χ2n) is 11.5. The van der Waals surface area contributed by atoms with Crippen molar-refractivity contribution in [2.75, 3.05) is 24.7 Å². The highest BCUT2D eigenvalue weighted by Gasteiger charge is 2.77. The lowest BCUT2D eigenvalue weighted by Crippen LogP contribution is -2.60. The number of carbonyl (C=O) groups excluding carboxylic acids is 3. The van der Waals surface area contributed by atoms with E-state index in [1.54, 1.807) is 12.1 Å². The summed E-state index contributed by atoms with van der Waals surface area (Å²) in [5.74, 6) is -3.23. The van der Waals surface area contributed by atoms with Crippen LogP contribution in [0.25, 0.3) is 0 Å². The maximum absolute atomic E-state index is 14.7. The number of alkyl halides is 1. The largest absolute Gasteiger partial charge is 0.465 e. The lowest BCUT2D eigenvalue weighted by molar-refractivity contribution is -0.156. The number of para-hydroxylation sites is 1. The zero-order chi connectivity index (χ0) is 30.1. The Morgan fingerprint density at radius 2 is 2.05 bits per heavy atom. The number of hydrogen-bond donors (Lipinski definition) is 1. The fourth-order valence-electron chi connectivity index (χ4n) is 6.79. The highest BCUT2D eigenvalue weighted by Crippen LogP contribution is 2.61. The van der Waals surface area contributed by atoms with Crippen molar-refractivity contribution >= 4 is 51.0 Å². The summed E-state index contributed by atoms with van der Waals surface area (Å²) in [6, 6.07) is 3.63. The van der Waals surface area contributed by atoms with Gasteiger partial charge in [0.1, 0.15) is 11.6 Å². The minimum atomic E-state index is -1.28. The molecule has 3 aliphatic heterocycles. The van der Waals surface area contributed by atoms with E-state index in [0.29, 0.717) is 23.6 Å². The van der Waals surface area contributed by atoms with E-state index < -0.39 is 47.5 Å². The molecule has 41 heavy (non-hydrogen) atoms. The average Bonchev–Trinajstić information content (AvgIpc) is 3.51. The van der Waals surface area contributed by atoms with Crippen LogP contribution in [0, 0.1) is 24.7 Å². The van der Waals surface area contributed by atoms with Crippen LogP contribution < -0.4 is 4.90 Å². The van der Waals surface area contributed by atoms with E-state index in [1.807, 2.05) is 39.0 Å². The number of benzene rings is 1. The third-order valence-corrected chi connectivity index (χ3v) is 9.78. The number of halogens is 2. The van der Waals surface area contributed by atoms with Crippen LogP contribution in [0.15, 0.2) is 43.5 Å². The smallest absolute Gasteiger partial charge is 0.312 e. The Balaban J connectivity index is 1.78. The molecule has 3 saturated heterocycles. The molecule has 1 spiro atoms. The van der Waals surface area contributed by atoms with Gasteiger partial charge < -0.3 is 24.4 Å². The minimum absolute atomic E-state index is 0.144. The van der Waals surface area contributed by atoms with Crippen molar-refractivity contribution in [3.63, 3.8) is 0 Å². The summed E-state index contributed by atoms with van der Waals surface area (Å²) in [7, 11) is 0. The number of esters is 1. The van der Waals surface area contributed by atoms with Crippen molar-refractivity contribution in [2.24, 2.45) is 17.8 Å². The van der Waals surface area contributed by atoms with Crippen molar-refractivity contribution < 1.29 is 29.0 Å². The zero-order valence-electron chi connectivity index (χ0n) is 23.9. The van der Waals surface area contributed by atoms with E-state index in [0.717, 1.165) is 18.4 Å². The highest BCUT2D eigenvalue weighted by atomic mass is 79.9. The van der Waals surface area contributed by atoms with Crippen LogP contribution in [0.4, 0.5) is 5.69 Å². The van der Waals surface area contributed by atoms with Crippen LogP contribution in [-0.4, -0.2) is 76.2 Å². The van der Waals surface area contributed by atoms with E-state index in [1.165, 1.54) is 9.80 Å². The number of likely N-dealkylation sites (tertiary alicyclic amines) is 1. The molecule has 224 valence electrons. The van der Waals surface area contributed by atoms with Crippen LogP contribution in [-0.2, 0) is 23.9 Å². The van der Waals surface area contributed by atoms with Gasteiger partial charge in [-0.3, -0.25) is 14.4 Å². The van der Waals surface area contributed by atoms with Gasteiger partial charge in [0.25, 0.3) is 5.91 Å². The van der Waals surface area contributed by atoms with Gasteiger partial charge in [0.15, 0.2) is 0 Å². The van der Waals surface area contributed by atoms with Gasteiger partial charge in [0.05, 0.1) is 47.9 Å². The minimum Gasteiger partial charge on any atom is -0.465 e. The number of allylic oxidation sites excluding steroid dienone is 1. The fourth-order valence-corrected chi connectivity index (χ4v) is 8.05. The number of aryl methyl sites for hydroxylation is 1. The lowest BCUT2D eigenvalue weighted by Gasteiger charge is -2.40. The number of anilines is 1. The predicted octanol–water partition coefficient (Wildman–Crippen LogP) is 4.83. The van der Waals surface area contributed by atoms with Gasteiger partial charge in [-0.25, -0.2) is 0 Å². The van der Waals surface area contributed by atoms with Crippen LogP contribution in [0.3, 0.4) is 0 Å². The molecule has 7 atom stereocenters. The summed E-state index contributed by atoms with van der Waals surface area (Å²) >= 11 is 10.3.